The summed E-state index contributed by atoms with van der Waals surface area (Å²) in [6.45, 7) is 6.82. The average molecular weight is 290 g/mol. The molecule has 0 fully saturated rings. The van der Waals surface area contributed by atoms with Crippen LogP contribution < -0.4 is 0 Å². The summed E-state index contributed by atoms with van der Waals surface area (Å²) in [5.74, 6) is -0.215. The SMILES string of the molecule is CC(C)(C)OC(=O)N1CCc2c(cc3n2CCCC3)C1=O. The third-order valence-corrected chi connectivity index (χ3v) is 4.02. The Balaban J connectivity index is 1.86. The van der Waals surface area contributed by atoms with Crippen molar-refractivity contribution in [2.24, 2.45) is 0 Å². The molecule has 21 heavy (non-hydrogen) atoms. The summed E-state index contributed by atoms with van der Waals surface area (Å²) in [4.78, 5) is 26.0. The Morgan fingerprint density at radius 1 is 1.19 bits per heavy atom. The van der Waals surface area contributed by atoms with Crippen LogP contribution in [0.15, 0.2) is 6.07 Å². The van der Waals surface area contributed by atoms with E-state index in [4.69, 9.17) is 4.74 Å². The van der Waals surface area contributed by atoms with Gasteiger partial charge >= 0.3 is 6.09 Å². The molecule has 0 aromatic carbocycles. The molecule has 0 unspecified atom stereocenters. The number of imide groups is 1. The molecule has 0 saturated carbocycles. The summed E-state index contributed by atoms with van der Waals surface area (Å²) in [5, 5.41) is 0. The van der Waals surface area contributed by atoms with Crippen molar-refractivity contribution in [3.8, 4) is 0 Å². The Morgan fingerprint density at radius 2 is 1.95 bits per heavy atom. The number of nitrogens with zero attached hydrogens (tertiary/aromatic N) is 2. The van der Waals surface area contributed by atoms with Gasteiger partial charge in [-0.3, -0.25) is 4.79 Å². The van der Waals surface area contributed by atoms with Crippen molar-refractivity contribution in [2.75, 3.05) is 6.54 Å². The fourth-order valence-electron chi connectivity index (χ4n) is 3.12. The lowest BCUT2D eigenvalue weighted by Crippen LogP contribution is -2.44. The number of rotatable bonds is 0. The zero-order chi connectivity index (χ0) is 15.2. The summed E-state index contributed by atoms with van der Waals surface area (Å²) in [5.41, 5.74) is 2.42. The van der Waals surface area contributed by atoms with E-state index in [1.165, 1.54) is 17.0 Å². The monoisotopic (exact) mass is 290 g/mol. The van der Waals surface area contributed by atoms with E-state index in [2.05, 4.69) is 4.57 Å². The van der Waals surface area contributed by atoms with Crippen LogP contribution in [-0.2, 0) is 24.1 Å². The van der Waals surface area contributed by atoms with Gasteiger partial charge in [0, 0.05) is 30.9 Å². The van der Waals surface area contributed by atoms with Gasteiger partial charge in [0.15, 0.2) is 0 Å². The number of carbonyl (C=O) groups excluding carboxylic acids is 2. The third kappa shape index (κ3) is 2.57. The van der Waals surface area contributed by atoms with Crippen molar-refractivity contribution < 1.29 is 14.3 Å². The molecule has 0 atom stereocenters. The second-order valence-electron chi connectivity index (χ2n) is 6.79. The van der Waals surface area contributed by atoms with Gasteiger partial charge in [0.1, 0.15) is 5.60 Å². The van der Waals surface area contributed by atoms with Crippen LogP contribution in [0.4, 0.5) is 4.79 Å². The molecule has 0 radical (unpaired) electrons. The standard InChI is InChI=1S/C16H22N2O3/c1-16(2,3)21-15(20)18-9-7-13-12(14(18)19)10-11-6-4-5-8-17(11)13/h10H,4-9H2,1-3H3. The molecule has 0 saturated heterocycles. The van der Waals surface area contributed by atoms with Crippen LogP contribution in [0, 0.1) is 0 Å². The van der Waals surface area contributed by atoms with Gasteiger partial charge in [-0.2, -0.15) is 0 Å². The third-order valence-electron chi connectivity index (χ3n) is 4.02. The second kappa shape index (κ2) is 4.90. The highest BCUT2D eigenvalue weighted by molar-refractivity contribution is 6.04. The molecular weight excluding hydrogens is 268 g/mol. The maximum atomic E-state index is 12.6. The van der Waals surface area contributed by atoms with E-state index < -0.39 is 11.7 Å². The van der Waals surface area contributed by atoms with Crippen molar-refractivity contribution in [3.63, 3.8) is 0 Å². The molecule has 0 spiro atoms. The largest absolute Gasteiger partial charge is 0.443 e. The lowest BCUT2D eigenvalue weighted by molar-refractivity contribution is 0.0232. The lowest BCUT2D eigenvalue weighted by atomic mass is 10.1. The maximum absolute atomic E-state index is 12.6. The lowest BCUT2D eigenvalue weighted by Gasteiger charge is -2.29. The van der Waals surface area contributed by atoms with Gasteiger partial charge < -0.3 is 9.30 Å². The minimum Gasteiger partial charge on any atom is -0.443 e. The zero-order valence-electron chi connectivity index (χ0n) is 12.9. The number of aromatic nitrogens is 1. The molecule has 2 amide bonds. The molecule has 2 aliphatic rings. The Hall–Kier alpha value is -1.78. The second-order valence-corrected chi connectivity index (χ2v) is 6.79. The molecule has 1 aromatic heterocycles. The molecule has 0 bridgehead atoms. The minimum atomic E-state index is -0.586. The van der Waals surface area contributed by atoms with E-state index in [9.17, 15) is 9.59 Å². The molecule has 5 heteroatoms. The molecule has 0 aliphatic carbocycles. The highest BCUT2D eigenvalue weighted by Gasteiger charge is 2.35. The van der Waals surface area contributed by atoms with Crippen LogP contribution in [0.1, 0.15) is 55.4 Å². The Morgan fingerprint density at radius 3 is 2.67 bits per heavy atom. The van der Waals surface area contributed by atoms with Crippen molar-refractivity contribution in [2.45, 2.75) is 58.6 Å². The van der Waals surface area contributed by atoms with Crippen LogP contribution in [0.2, 0.25) is 0 Å². The fraction of sp³-hybridized carbons (Fsp3) is 0.625. The van der Waals surface area contributed by atoms with Crippen LogP contribution in [-0.4, -0.2) is 33.6 Å². The molecule has 2 aliphatic heterocycles. The first kappa shape index (κ1) is 14.2. The van der Waals surface area contributed by atoms with Gasteiger partial charge in [0.25, 0.3) is 5.91 Å². The van der Waals surface area contributed by atoms with E-state index >= 15 is 0 Å². The normalized spacial score (nSPS) is 18.2. The number of hydrogen-bond acceptors (Lipinski definition) is 3. The molecule has 3 rings (SSSR count). The summed E-state index contributed by atoms with van der Waals surface area (Å²) in [6.07, 6.45) is 3.54. The Labute approximate surface area is 124 Å². The van der Waals surface area contributed by atoms with E-state index in [0.717, 1.165) is 31.5 Å². The number of carbonyl (C=O) groups is 2. The van der Waals surface area contributed by atoms with Crippen LogP contribution in [0.25, 0.3) is 0 Å². The predicted octanol–water partition coefficient (Wildman–Crippen LogP) is 2.76. The maximum Gasteiger partial charge on any atom is 0.417 e. The highest BCUT2D eigenvalue weighted by Crippen LogP contribution is 2.28. The quantitative estimate of drug-likeness (QED) is 0.738. The summed E-state index contributed by atoms with van der Waals surface area (Å²) >= 11 is 0. The van der Waals surface area contributed by atoms with Gasteiger partial charge in [-0.15, -0.1) is 0 Å². The first-order valence-electron chi connectivity index (χ1n) is 7.63. The zero-order valence-corrected chi connectivity index (χ0v) is 12.9. The van der Waals surface area contributed by atoms with E-state index in [1.54, 1.807) is 0 Å². The molecule has 114 valence electrons. The first-order valence-corrected chi connectivity index (χ1v) is 7.63. The number of amides is 2. The van der Waals surface area contributed by atoms with E-state index in [-0.39, 0.29) is 5.91 Å². The van der Waals surface area contributed by atoms with Gasteiger partial charge in [0.2, 0.25) is 0 Å². The Kier molecular flexibility index (Phi) is 3.30. The van der Waals surface area contributed by atoms with Crippen LogP contribution in [0.5, 0.6) is 0 Å². The number of fused-ring (bicyclic) bond motifs is 3. The smallest absolute Gasteiger partial charge is 0.417 e. The van der Waals surface area contributed by atoms with E-state index in [1.807, 2.05) is 26.8 Å². The molecule has 3 heterocycles. The topological polar surface area (TPSA) is 51.5 Å². The molecule has 0 N–H and O–H groups in total. The van der Waals surface area contributed by atoms with Crippen molar-refractivity contribution >= 4 is 12.0 Å². The van der Waals surface area contributed by atoms with Crippen LogP contribution in [0.3, 0.4) is 0 Å². The van der Waals surface area contributed by atoms with Crippen molar-refractivity contribution in [1.29, 1.82) is 0 Å². The van der Waals surface area contributed by atoms with Gasteiger partial charge in [0.05, 0.1) is 5.56 Å². The van der Waals surface area contributed by atoms with Crippen LogP contribution >= 0.6 is 0 Å². The molecule has 1 aromatic rings. The van der Waals surface area contributed by atoms with Gasteiger partial charge in [-0.25, -0.2) is 9.69 Å². The highest BCUT2D eigenvalue weighted by atomic mass is 16.6. The number of hydrogen-bond donors (Lipinski definition) is 0. The van der Waals surface area contributed by atoms with E-state index in [0.29, 0.717) is 12.1 Å². The average Bonchev–Trinajstić information content (AvgIpc) is 2.77. The summed E-state index contributed by atoms with van der Waals surface area (Å²) in [7, 11) is 0. The summed E-state index contributed by atoms with van der Waals surface area (Å²) < 4.78 is 7.59. The number of ether oxygens (including phenoxy) is 1. The number of aryl methyl sites for hydroxylation is 1. The fourth-order valence-corrected chi connectivity index (χ4v) is 3.12. The summed E-state index contributed by atoms with van der Waals surface area (Å²) in [6, 6.07) is 1.97. The minimum absolute atomic E-state index is 0.215. The molecule has 5 nitrogen and oxygen atoms in total. The Bertz CT molecular complexity index is 595. The van der Waals surface area contributed by atoms with Gasteiger partial charge in [-0.1, -0.05) is 0 Å². The van der Waals surface area contributed by atoms with Crippen molar-refractivity contribution in [3.05, 3.63) is 23.0 Å². The van der Waals surface area contributed by atoms with Crippen molar-refractivity contribution in [1.82, 2.24) is 9.47 Å². The molecular formula is C16H22N2O3. The predicted molar refractivity (Wildman–Crippen MR) is 78.3 cm³/mol. The first-order chi connectivity index (χ1) is 9.87. The van der Waals surface area contributed by atoms with Gasteiger partial charge in [-0.05, 0) is 46.1 Å².